The summed E-state index contributed by atoms with van der Waals surface area (Å²) in [7, 11) is 1.68. The maximum Gasteiger partial charge on any atom is 0.125 e. The molecule has 0 radical (unpaired) electrons. The van der Waals surface area contributed by atoms with Crippen molar-refractivity contribution in [3.8, 4) is 0 Å². The Labute approximate surface area is 103 Å². The van der Waals surface area contributed by atoms with E-state index in [2.05, 4.69) is 15.3 Å². The molecule has 0 saturated heterocycles. The van der Waals surface area contributed by atoms with Crippen molar-refractivity contribution in [3.63, 3.8) is 0 Å². The number of methoxy groups -OCH3 is 1. The van der Waals surface area contributed by atoms with E-state index in [1.807, 2.05) is 13.0 Å². The van der Waals surface area contributed by atoms with Crippen molar-refractivity contribution in [3.05, 3.63) is 23.8 Å². The standard InChI is InChI=1S/C12H21N3O2/c1-11-14-6-4-12(15-11)10-13-5-3-7-17-9-8-16-2/h4,6,13H,3,5,7-10H2,1-2H3. The van der Waals surface area contributed by atoms with Crippen LogP contribution in [0.1, 0.15) is 17.9 Å². The summed E-state index contributed by atoms with van der Waals surface area (Å²) >= 11 is 0. The van der Waals surface area contributed by atoms with Gasteiger partial charge in [0, 0.05) is 26.5 Å². The first-order valence-electron chi connectivity index (χ1n) is 5.89. The second-order valence-corrected chi connectivity index (χ2v) is 3.73. The van der Waals surface area contributed by atoms with Crippen molar-refractivity contribution in [2.75, 3.05) is 33.5 Å². The minimum Gasteiger partial charge on any atom is -0.382 e. The number of nitrogens with one attached hydrogen (secondary N) is 1. The van der Waals surface area contributed by atoms with Gasteiger partial charge in [-0.2, -0.15) is 0 Å². The number of hydrogen-bond acceptors (Lipinski definition) is 5. The number of ether oxygens (including phenoxy) is 2. The Morgan fingerprint density at radius 2 is 2.18 bits per heavy atom. The summed E-state index contributed by atoms with van der Waals surface area (Å²) in [5.74, 6) is 0.812. The molecule has 0 atom stereocenters. The molecular formula is C12H21N3O2. The molecule has 0 aliphatic rings. The molecule has 0 amide bonds. The van der Waals surface area contributed by atoms with E-state index >= 15 is 0 Å². The monoisotopic (exact) mass is 239 g/mol. The van der Waals surface area contributed by atoms with E-state index in [0.717, 1.165) is 37.6 Å². The molecule has 0 saturated carbocycles. The van der Waals surface area contributed by atoms with Crippen LogP contribution in [0.15, 0.2) is 12.3 Å². The summed E-state index contributed by atoms with van der Waals surface area (Å²) < 4.78 is 10.2. The Kier molecular flexibility index (Phi) is 7.46. The normalized spacial score (nSPS) is 10.7. The maximum absolute atomic E-state index is 5.35. The number of hydrogen-bond donors (Lipinski definition) is 1. The molecule has 0 spiro atoms. The average molecular weight is 239 g/mol. The van der Waals surface area contributed by atoms with E-state index in [1.165, 1.54) is 0 Å². The van der Waals surface area contributed by atoms with E-state index in [0.29, 0.717) is 13.2 Å². The lowest BCUT2D eigenvalue weighted by molar-refractivity contribution is 0.0694. The quantitative estimate of drug-likeness (QED) is 0.650. The highest BCUT2D eigenvalue weighted by Crippen LogP contribution is 1.93. The summed E-state index contributed by atoms with van der Waals surface area (Å²) in [5, 5.41) is 3.32. The summed E-state index contributed by atoms with van der Waals surface area (Å²) in [6, 6.07) is 1.93. The fraction of sp³-hybridized carbons (Fsp3) is 0.667. The van der Waals surface area contributed by atoms with Crippen LogP contribution in [0.2, 0.25) is 0 Å². The SMILES string of the molecule is COCCOCCCNCc1ccnc(C)n1. The summed E-state index contributed by atoms with van der Waals surface area (Å²) in [4.78, 5) is 8.37. The molecule has 0 aliphatic heterocycles. The molecule has 17 heavy (non-hydrogen) atoms. The first kappa shape index (κ1) is 14.0. The Morgan fingerprint density at radius 3 is 2.94 bits per heavy atom. The van der Waals surface area contributed by atoms with Gasteiger partial charge < -0.3 is 14.8 Å². The molecule has 5 heteroatoms. The largest absolute Gasteiger partial charge is 0.382 e. The lowest BCUT2D eigenvalue weighted by Gasteiger charge is -2.05. The lowest BCUT2D eigenvalue weighted by atomic mass is 10.3. The molecule has 1 aromatic rings. The predicted octanol–water partition coefficient (Wildman–Crippen LogP) is 0.928. The third-order valence-corrected chi connectivity index (χ3v) is 2.21. The van der Waals surface area contributed by atoms with Crippen molar-refractivity contribution >= 4 is 0 Å². The second-order valence-electron chi connectivity index (χ2n) is 3.73. The van der Waals surface area contributed by atoms with E-state index in [1.54, 1.807) is 13.3 Å². The van der Waals surface area contributed by atoms with Crippen LogP contribution in [0.3, 0.4) is 0 Å². The van der Waals surface area contributed by atoms with Gasteiger partial charge in [0.2, 0.25) is 0 Å². The minimum absolute atomic E-state index is 0.660. The molecule has 0 unspecified atom stereocenters. The van der Waals surface area contributed by atoms with Crippen molar-refractivity contribution in [2.45, 2.75) is 19.9 Å². The van der Waals surface area contributed by atoms with Crippen LogP contribution in [0, 0.1) is 6.92 Å². The van der Waals surface area contributed by atoms with Crippen LogP contribution in [0.5, 0.6) is 0 Å². The molecule has 1 N–H and O–H groups in total. The van der Waals surface area contributed by atoms with Gasteiger partial charge >= 0.3 is 0 Å². The highest BCUT2D eigenvalue weighted by atomic mass is 16.5. The molecule has 1 rings (SSSR count). The highest BCUT2D eigenvalue weighted by molar-refractivity contribution is 5.00. The Balaban J connectivity index is 1.97. The number of aryl methyl sites for hydroxylation is 1. The van der Waals surface area contributed by atoms with Crippen molar-refractivity contribution < 1.29 is 9.47 Å². The van der Waals surface area contributed by atoms with Gasteiger partial charge in [-0.3, -0.25) is 0 Å². The van der Waals surface area contributed by atoms with Gasteiger partial charge in [-0.25, -0.2) is 9.97 Å². The Hall–Kier alpha value is -1.04. The van der Waals surface area contributed by atoms with Crippen LogP contribution in [0.25, 0.3) is 0 Å². The zero-order valence-electron chi connectivity index (χ0n) is 10.6. The molecule has 1 aromatic heterocycles. The topological polar surface area (TPSA) is 56.3 Å². The van der Waals surface area contributed by atoms with Gasteiger partial charge in [0.15, 0.2) is 0 Å². The average Bonchev–Trinajstić information content (AvgIpc) is 2.33. The zero-order valence-corrected chi connectivity index (χ0v) is 10.6. The second kappa shape index (κ2) is 9.04. The minimum atomic E-state index is 0.660. The third-order valence-electron chi connectivity index (χ3n) is 2.21. The molecule has 96 valence electrons. The van der Waals surface area contributed by atoms with E-state index < -0.39 is 0 Å². The number of aromatic nitrogens is 2. The van der Waals surface area contributed by atoms with Gasteiger partial charge in [0.1, 0.15) is 5.82 Å². The smallest absolute Gasteiger partial charge is 0.125 e. The van der Waals surface area contributed by atoms with Gasteiger partial charge in [-0.05, 0) is 26.0 Å². The van der Waals surface area contributed by atoms with Crippen LogP contribution in [0.4, 0.5) is 0 Å². The Morgan fingerprint density at radius 1 is 1.29 bits per heavy atom. The lowest BCUT2D eigenvalue weighted by Crippen LogP contribution is -2.17. The summed E-state index contributed by atoms with van der Waals surface area (Å²) in [6.45, 7) is 5.69. The molecule has 1 heterocycles. The number of rotatable bonds is 9. The van der Waals surface area contributed by atoms with E-state index in [-0.39, 0.29) is 0 Å². The third kappa shape index (κ3) is 6.99. The molecule has 0 bridgehead atoms. The van der Waals surface area contributed by atoms with Crippen LogP contribution in [-0.4, -0.2) is 43.4 Å². The highest BCUT2D eigenvalue weighted by Gasteiger charge is 1.95. The van der Waals surface area contributed by atoms with Crippen molar-refractivity contribution in [1.82, 2.24) is 15.3 Å². The summed E-state index contributed by atoms with van der Waals surface area (Å²) in [5.41, 5.74) is 1.03. The van der Waals surface area contributed by atoms with E-state index in [9.17, 15) is 0 Å². The molecule has 0 fully saturated rings. The number of nitrogens with zero attached hydrogens (tertiary/aromatic N) is 2. The van der Waals surface area contributed by atoms with Crippen LogP contribution < -0.4 is 5.32 Å². The first-order chi connectivity index (χ1) is 8.33. The summed E-state index contributed by atoms with van der Waals surface area (Å²) in [6.07, 6.45) is 2.78. The van der Waals surface area contributed by atoms with Gasteiger partial charge in [-0.15, -0.1) is 0 Å². The maximum atomic E-state index is 5.35. The molecule has 0 aliphatic carbocycles. The fourth-order valence-corrected chi connectivity index (χ4v) is 1.36. The van der Waals surface area contributed by atoms with Crippen molar-refractivity contribution in [1.29, 1.82) is 0 Å². The fourth-order valence-electron chi connectivity index (χ4n) is 1.36. The van der Waals surface area contributed by atoms with Crippen LogP contribution >= 0.6 is 0 Å². The predicted molar refractivity (Wildman–Crippen MR) is 65.8 cm³/mol. The van der Waals surface area contributed by atoms with E-state index in [4.69, 9.17) is 9.47 Å². The van der Waals surface area contributed by atoms with Gasteiger partial charge in [0.25, 0.3) is 0 Å². The van der Waals surface area contributed by atoms with Crippen LogP contribution in [-0.2, 0) is 16.0 Å². The molecule has 0 aromatic carbocycles. The Bertz CT molecular complexity index is 308. The zero-order chi connectivity index (χ0) is 12.3. The molecule has 5 nitrogen and oxygen atoms in total. The van der Waals surface area contributed by atoms with Gasteiger partial charge in [-0.1, -0.05) is 0 Å². The van der Waals surface area contributed by atoms with Gasteiger partial charge in [0.05, 0.1) is 18.9 Å². The molecular weight excluding hydrogens is 218 g/mol. The first-order valence-corrected chi connectivity index (χ1v) is 5.89. The van der Waals surface area contributed by atoms with Crippen molar-refractivity contribution in [2.24, 2.45) is 0 Å².